The quantitative estimate of drug-likeness (QED) is 0.223. The van der Waals surface area contributed by atoms with Gasteiger partial charge in [0.1, 0.15) is 11.2 Å². The van der Waals surface area contributed by atoms with E-state index in [-0.39, 0.29) is 11.3 Å². The number of rotatable bonds is 6. The predicted octanol–water partition coefficient (Wildman–Crippen LogP) is 6.76. The zero-order valence-corrected chi connectivity index (χ0v) is 22.3. The number of amides is 1. The number of carbonyl (C=O) groups is 1. The zero-order valence-electron chi connectivity index (χ0n) is 22.3. The number of hydrogen-bond acceptors (Lipinski definition) is 6. The highest BCUT2D eigenvalue weighted by Crippen LogP contribution is 2.33. The van der Waals surface area contributed by atoms with Crippen molar-refractivity contribution in [1.82, 2.24) is 30.1 Å². The Morgan fingerprint density at radius 1 is 1.05 bits per heavy atom. The van der Waals surface area contributed by atoms with E-state index in [2.05, 4.69) is 70.3 Å². The summed E-state index contributed by atoms with van der Waals surface area (Å²) in [6.07, 6.45) is 9.93. The molecule has 0 unspecified atom stereocenters. The van der Waals surface area contributed by atoms with E-state index in [1.54, 1.807) is 24.9 Å². The van der Waals surface area contributed by atoms with Crippen molar-refractivity contribution in [2.45, 2.75) is 40.5 Å². The van der Waals surface area contributed by atoms with Crippen LogP contribution in [0.5, 0.6) is 0 Å². The van der Waals surface area contributed by atoms with Crippen LogP contribution in [0, 0.1) is 5.41 Å². The summed E-state index contributed by atoms with van der Waals surface area (Å²) in [7, 11) is 0. The molecule has 0 spiro atoms. The molecule has 1 amide bonds. The summed E-state index contributed by atoms with van der Waals surface area (Å²) in [5.41, 5.74) is 8.42. The van der Waals surface area contributed by atoms with Gasteiger partial charge in [-0.3, -0.25) is 14.9 Å². The highest BCUT2D eigenvalue weighted by atomic mass is 16.3. The van der Waals surface area contributed by atoms with Crippen LogP contribution in [0.3, 0.4) is 0 Å². The fourth-order valence-corrected chi connectivity index (χ4v) is 4.74. The number of aryl methyl sites for hydroxylation is 1. The average Bonchev–Trinajstić information content (AvgIpc) is 3.66. The van der Waals surface area contributed by atoms with Gasteiger partial charge in [-0.2, -0.15) is 5.10 Å². The number of H-pyrrole nitrogens is 2. The molecule has 9 heteroatoms. The SMILES string of the molecule is CCc1cc(NC(=O)CC(C)(C)C)cc(-c2cnc3n[nH]c(-c4nc5c(-c6ccoc6)cncc5[nH]4)c3c2)c1. The van der Waals surface area contributed by atoms with E-state index in [9.17, 15) is 4.79 Å². The van der Waals surface area contributed by atoms with E-state index < -0.39 is 0 Å². The minimum absolute atomic E-state index is 0.00145. The molecule has 6 rings (SSSR count). The van der Waals surface area contributed by atoms with Crippen LogP contribution in [-0.2, 0) is 11.2 Å². The maximum absolute atomic E-state index is 12.6. The first-order valence-corrected chi connectivity index (χ1v) is 12.9. The molecule has 0 atom stereocenters. The number of nitrogens with zero attached hydrogens (tertiary/aromatic N) is 4. The number of carbonyl (C=O) groups excluding carboxylic acids is 1. The average molecular weight is 520 g/mol. The van der Waals surface area contributed by atoms with Gasteiger partial charge in [0.15, 0.2) is 11.5 Å². The Kier molecular flexibility index (Phi) is 5.98. The number of furan rings is 1. The Balaban J connectivity index is 1.39. The fraction of sp³-hybridized carbons (Fsp3) is 0.233. The van der Waals surface area contributed by atoms with Gasteiger partial charge < -0.3 is 14.7 Å². The van der Waals surface area contributed by atoms with Crippen LogP contribution >= 0.6 is 0 Å². The van der Waals surface area contributed by atoms with E-state index in [0.29, 0.717) is 17.9 Å². The number of nitrogens with one attached hydrogen (secondary N) is 3. The molecule has 1 aromatic carbocycles. The lowest BCUT2D eigenvalue weighted by Gasteiger charge is -2.18. The molecule has 5 heterocycles. The minimum atomic E-state index is -0.0894. The van der Waals surface area contributed by atoms with Gasteiger partial charge >= 0.3 is 0 Å². The summed E-state index contributed by atoms with van der Waals surface area (Å²) < 4.78 is 5.26. The van der Waals surface area contributed by atoms with Crippen LogP contribution in [0.2, 0.25) is 0 Å². The molecule has 39 heavy (non-hydrogen) atoms. The Morgan fingerprint density at radius 2 is 1.92 bits per heavy atom. The van der Waals surface area contributed by atoms with Crippen molar-refractivity contribution in [3.63, 3.8) is 0 Å². The third-order valence-electron chi connectivity index (χ3n) is 6.58. The van der Waals surface area contributed by atoms with E-state index >= 15 is 0 Å². The summed E-state index contributed by atoms with van der Waals surface area (Å²) in [5.74, 6) is 0.642. The van der Waals surface area contributed by atoms with Crippen LogP contribution in [0.1, 0.15) is 39.7 Å². The highest BCUT2D eigenvalue weighted by molar-refractivity contribution is 5.97. The van der Waals surface area contributed by atoms with E-state index in [4.69, 9.17) is 9.40 Å². The summed E-state index contributed by atoms with van der Waals surface area (Å²) >= 11 is 0. The lowest BCUT2D eigenvalue weighted by atomic mass is 9.92. The summed E-state index contributed by atoms with van der Waals surface area (Å²) in [6, 6.07) is 10.1. The molecule has 0 saturated carbocycles. The number of fused-ring (bicyclic) bond motifs is 2. The molecule has 6 aromatic rings. The molecule has 0 saturated heterocycles. The van der Waals surface area contributed by atoms with Crippen molar-refractivity contribution in [3.05, 3.63) is 67.0 Å². The second-order valence-electron chi connectivity index (χ2n) is 10.9. The third-order valence-corrected chi connectivity index (χ3v) is 6.58. The standard InChI is InChI=1S/C30H29N7O2/c1-5-17-8-19(10-21(9-17)33-25(38)12-30(2,3)4)20-11-22-27(36-37-28(22)32-13-20)29-34-24-15-31-14-23(26(24)35-29)18-6-7-39-16-18/h6-11,13-16H,5,12H2,1-4H3,(H,33,38)(H,34,35)(H,32,36,37). The van der Waals surface area contributed by atoms with Crippen LogP contribution in [0.25, 0.3) is 55.8 Å². The summed E-state index contributed by atoms with van der Waals surface area (Å²) in [5, 5.41) is 11.4. The number of aromatic nitrogens is 6. The topological polar surface area (TPSA) is 125 Å². The summed E-state index contributed by atoms with van der Waals surface area (Å²) in [4.78, 5) is 29.9. The normalized spacial score (nSPS) is 11.9. The number of pyridine rings is 2. The molecule has 0 fully saturated rings. The first-order chi connectivity index (χ1) is 18.8. The van der Waals surface area contributed by atoms with Gasteiger partial charge in [0.05, 0.1) is 29.6 Å². The fourth-order valence-electron chi connectivity index (χ4n) is 4.74. The lowest BCUT2D eigenvalue weighted by Crippen LogP contribution is -2.19. The molecular weight excluding hydrogens is 490 g/mol. The van der Waals surface area contributed by atoms with E-state index in [1.807, 2.05) is 24.4 Å². The Hall–Kier alpha value is -4.79. The highest BCUT2D eigenvalue weighted by Gasteiger charge is 2.18. The van der Waals surface area contributed by atoms with Gasteiger partial charge in [-0.25, -0.2) is 9.97 Å². The van der Waals surface area contributed by atoms with Gasteiger partial charge in [0.25, 0.3) is 0 Å². The Labute approximate surface area is 225 Å². The van der Waals surface area contributed by atoms with Crippen LogP contribution in [0.4, 0.5) is 5.69 Å². The molecule has 3 N–H and O–H groups in total. The van der Waals surface area contributed by atoms with Gasteiger partial charge in [-0.1, -0.05) is 33.8 Å². The van der Waals surface area contributed by atoms with Crippen molar-refractivity contribution in [1.29, 1.82) is 0 Å². The molecular formula is C30H29N7O2. The third kappa shape index (κ3) is 4.90. The molecule has 0 aliphatic rings. The first-order valence-electron chi connectivity index (χ1n) is 12.9. The second kappa shape index (κ2) is 9.50. The van der Waals surface area contributed by atoms with Gasteiger partial charge in [-0.15, -0.1) is 0 Å². The van der Waals surface area contributed by atoms with Crippen molar-refractivity contribution in [3.8, 4) is 33.8 Å². The largest absolute Gasteiger partial charge is 0.472 e. The number of imidazole rings is 1. The minimum Gasteiger partial charge on any atom is -0.472 e. The maximum atomic E-state index is 12.6. The van der Waals surface area contributed by atoms with Crippen LogP contribution in [-0.4, -0.2) is 36.0 Å². The second-order valence-corrected chi connectivity index (χ2v) is 10.9. The van der Waals surface area contributed by atoms with Crippen LogP contribution < -0.4 is 5.32 Å². The van der Waals surface area contributed by atoms with Gasteiger partial charge in [0, 0.05) is 41.2 Å². The molecule has 0 aliphatic heterocycles. The van der Waals surface area contributed by atoms with Gasteiger partial charge in [0.2, 0.25) is 5.91 Å². The molecule has 5 aromatic heterocycles. The smallest absolute Gasteiger partial charge is 0.224 e. The summed E-state index contributed by atoms with van der Waals surface area (Å²) in [6.45, 7) is 8.27. The first kappa shape index (κ1) is 24.5. The molecule has 0 bridgehead atoms. The van der Waals surface area contributed by atoms with Crippen molar-refractivity contribution >= 4 is 33.7 Å². The molecule has 196 valence electrons. The van der Waals surface area contributed by atoms with E-state index in [0.717, 1.165) is 62.0 Å². The van der Waals surface area contributed by atoms with E-state index in [1.165, 1.54) is 0 Å². The number of aromatic amines is 2. The molecule has 0 aliphatic carbocycles. The number of anilines is 1. The molecule has 9 nitrogen and oxygen atoms in total. The van der Waals surface area contributed by atoms with Crippen molar-refractivity contribution in [2.75, 3.05) is 5.32 Å². The lowest BCUT2D eigenvalue weighted by molar-refractivity contribution is -0.117. The van der Waals surface area contributed by atoms with Gasteiger partial charge in [-0.05, 0) is 47.2 Å². The Morgan fingerprint density at radius 3 is 2.69 bits per heavy atom. The number of hydrogen-bond donors (Lipinski definition) is 3. The number of benzene rings is 1. The predicted molar refractivity (Wildman–Crippen MR) is 152 cm³/mol. The van der Waals surface area contributed by atoms with Crippen LogP contribution in [0.15, 0.2) is 65.9 Å². The monoisotopic (exact) mass is 519 g/mol. The maximum Gasteiger partial charge on any atom is 0.224 e. The zero-order chi connectivity index (χ0) is 27.1. The van der Waals surface area contributed by atoms with Crippen molar-refractivity contribution < 1.29 is 9.21 Å². The molecule has 0 radical (unpaired) electrons. The Bertz CT molecular complexity index is 1810. The van der Waals surface area contributed by atoms with Crippen molar-refractivity contribution in [2.24, 2.45) is 5.41 Å².